The predicted molar refractivity (Wildman–Crippen MR) is 78.0 cm³/mol. The first-order valence-corrected chi connectivity index (χ1v) is 7.94. The minimum atomic E-state index is -3.76. The second-order valence-corrected chi connectivity index (χ2v) is 7.33. The Bertz CT molecular complexity index is 817. The van der Waals surface area contributed by atoms with E-state index in [0.717, 1.165) is 15.6 Å². The third kappa shape index (κ3) is 2.89. The molecule has 1 N–H and O–H groups in total. The van der Waals surface area contributed by atoms with Crippen molar-refractivity contribution in [2.75, 3.05) is 11.4 Å². The zero-order valence-electron chi connectivity index (χ0n) is 10.8. The van der Waals surface area contributed by atoms with E-state index in [2.05, 4.69) is 0 Å². The average molecular weight is 322 g/mol. The molecule has 0 spiro atoms. The van der Waals surface area contributed by atoms with Crippen LogP contribution in [0.4, 0.5) is 5.69 Å². The van der Waals surface area contributed by atoms with Gasteiger partial charge in [-0.15, -0.1) is 11.3 Å². The van der Waals surface area contributed by atoms with E-state index < -0.39 is 16.0 Å². The second-order valence-electron chi connectivity index (χ2n) is 4.06. The van der Waals surface area contributed by atoms with E-state index in [1.165, 1.54) is 43.4 Å². The standard InChI is InChI=1S/C13H10N2O4S2/c1-15(10-4-2-9(3-5-10)13(16)17)21(18,19)12-7-6-11(8-14)20-12/h2-7H,1H3,(H,16,17). The molecule has 21 heavy (non-hydrogen) atoms. The van der Waals surface area contributed by atoms with Crippen LogP contribution in [0.15, 0.2) is 40.6 Å². The van der Waals surface area contributed by atoms with Crippen molar-refractivity contribution in [3.8, 4) is 6.07 Å². The normalized spacial score (nSPS) is 10.9. The van der Waals surface area contributed by atoms with Crippen molar-refractivity contribution >= 4 is 33.0 Å². The number of sulfonamides is 1. The summed E-state index contributed by atoms with van der Waals surface area (Å²) in [5, 5.41) is 17.6. The Kier molecular flexibility index (Phi) is 3.97. The highest BCUT2D eigenvalue weighted by atomic mass is 32.2. The van der Waals surface area contributed by atoms with Gasteiger partial charge in [0.2, 0.25) is 0 Å². The molecule has 0 bridgehead atoms. The second kappa shape index (κ2) is 5.55. The summed E-state index contributed by atoms with van der Waals surface area (Å²) in [6, 6.07) is 10.2. The lowest BCUT2D eigenvalue weighted by Gasteiger charge is -2.18. The number of anilines is 1. The Morgan fingerprint density at radius 1 is 1.24 bits per heavy atom. The van der Waals surface area contributed by atoms with Gasteiger partial charge in [-0.25, -0.2) is 13.2 Å². The van der Waals surface area contributed by atoms with Crippen molar-refractivity contribution in [1.82, 2.24) is 0 Å². The van der Waals surface area contributed by atoms with Crippen LogP contribution in [-0.4, -0.2) is 26.5 Å². The van der Waals surface area contributed by atoms with Crippen molar-refractivity contribution in [2.45, 2.75) is 4.21 Å². The maximum Gasteiger partial charge on any atom is 0.335 e. The van der Waals surface area contributed by atoms with Crippen LogP contribution < -0.4 is 4.31 Å². The van der Waals surface area contributed by atoms with E-state index in [9.17, 15) is 13.2 Å². The van der Waals surface area contributed by atoms with E-state index in [-0.39, 0.29) is 9.77 Å². The van der Waals surface area contributed by atoms with Gasteiger partial charge in [0.15, 0.2) is 0 Å². The molecule has 1 aromatic carbocycles. The largest absolute Gasteiger partial charge is 0.478 e. The summed E-state index contributed by atoms with van der Waals surface area (Å²) < 4.78 is 25.9. The Morgan fingerprint density at radius 3 is 2.33 bits per heavy atom. The SMILES string of the molecule is CN(c1ccc(C(=O)O)cc1)S(=O)(=O)c1ccc(C#N)s1. The van der Waals surface area contributed by atoms with Crippen LogP contribution in [0, 0.1) is 11.3 Å². The number of benzene rings is 1. The van der Waals surface area contributed by atoms with Gasteiger partial charge in [-0.05, 0) is 36.4 Å². The molecular formula is C13H10N2O4S2. The lowest BCUT2D eigenvalue weighted by molar-refractivity contribution is 0.0697. The summed E-state index contributed by atoms with van der Waals surface area (Å²) in [6.07, 6.45) is 0. The van der Waals surface area contributed by atoms with E-state index in [0.29, 0.717) is 10.6 Å². The number of hydrogen-bond donors (Lipinski definition) is 1. The van der Waals surface area contributed by atoms with Crippen molar-refractivity contribution in [3.63, 3.8) is 0 Å². The molecular weight excluding hydrogens is 312 g/mol. The minimum absolute atomic E-state index is 0.0591. The van der Waals surface area contributed by atoms with Crippen LogP contribution in [0.5, 0.6) is 0 Å². The summed E-state index contributed by atoms with van der Waals surface area (Å²) in [6.45, 7) is 0. The number of carboxylic acid groups (broad SMARTS) is 1. The third-order valence-corrected chi connectivity index (χ3v) is 6.03. The third-order valence-electron chi connectivity index (χ3n) is 2.78. The van der Waals surface area contributed by atoms with Gasteiger partial charge < -0.3 is 5.11 Å². The molecule has 1 heterocycles. The highest BCUT2D eigenvalue weighted by molar-refractivity contribution is 7.94. The molecule has 6 nitrogen and oxygen atoms in total. The molecule has 0 fully saturated rings. The summed E-state index contributed by atoms with van der Waals surface area (Å²) in [5.74, 6) is -1.08. The zero-order valence-corrected chi connectivity index (χ0v) is 12.5. The van der Waals surface area contributed by atoms with Crippen LogP contribution in [0.3, 0.4) is 0 Å². The highest BCUT2D eigenvalue weighted by Gasteiger charge is 2.23. The Balaban J connectivity index is 2.36. The summed E-state index contributed by atoms with van der Waals surface area (Å²) in [5.41, 5.74) is 0.416. The van der Waals surface area contributed by atoms with Crippen LogP contribution in [0.1, 0.15) is 15.2 Å². The Labute approximate surface area is 125 Å². The lowest BCUT2D eigenvalue weighted by atomic mass is 10.2. The predicted octanol–water partition coefficient (Wildman–Crippen LogP) is 2.14. The van der Waals surface area contributed by atoms with Crippen molar-refractivity contribution in [3.05, 3.63) is 46.8 Å². The summed E-state index contributed by atoms with van der Waals surface area (Å²) >= 11 is 0.886. The van der Waals surface area contributed by atoms with Crippen molar-refractivity contribution < 1.29 is 18.3 Å². The minimum Gasteiger partial charge on any atom is -0.478 e. The molecule has 0 radical (unpaired) electrons. The first-order valence-electron chi connectivity index (χ1n) is 5.68. The van der Waals surface area contributed by atoms with Crippen LogP contribution >= 0.6 is 11.3 Å². The first kappa shape index (κ1) is 15.0. The molecule has 0 atom stereocenters. The van der Waals surface area contributed by atoms with Gasteiger partial charge in [0.05, 0.1) is 11.3 Å². The number of carbonyl (C=O) groups is 1. The quantitative estimate of drug-likeness (QED) is 0.930. The van der Waals surface area contributed by atoms with Gasteiger partial charge in [-0.1, -0.05) is 0 Å². The molecule has 0 saturated carbocycles. The molecule has 1 aromatic heterocycles. The monoisotopic (exact) mass is 322 g/mol. The smallest absolute Gasteiger partial charge is 0.335 e. The molecule has 0 aliphatic carbocycles. The molecule has 2 aromatic rings. The maximum atomic E-state index is 12.4. The van der Waals surface area contributed by atoms with Gasteiger partial charge in [-0.3, -0.25) is 4.31 Å². The average Bonchev–Trinajstić information content (AvgIpc) is 2.96. The van der Waals surface area contributed by atoms with Crippen LogP contribution in [0.25, 0.3) is 0 Å². The Morgan fingerprint density at radius 2 is 1.86 bits per heavy atom. The molecule has 0 amide bonds. The maximum absolute atomic E-state index is 12.4. The fraction of sp³-hybridized carbons (Fsp3) is 0.0769. The fourth-order valence-corrected chi connectivity index (χ4v) is 4.08. The van der Waals surface area contributed by atoms with E-state index >= 15 is 0 Å². The number of aromatic carboxylic acids is 1. The summed E-state index contributed by atoms with van der Waals surface area (Å²) in [7, 11) is -2.39. The number of carboxylic acids is 1. The number of thiophene rings is 1. The number of rotatable bonds is 4. The summed E-state index contributed by atoms with van der Waals surface area (Å²) in [4.78, 5) is 11.1. The van der Waals surface area contributed by atoms with Gasteiger partial charge in [0.25, 0.3) is 10.0 Å². The van der Waals surface area contributed by atoms with Gasteiger partial charge >= 0.3 is 5.97 Å². The van der Waals surface area contributed by atoms with E-state index in [1.54, 1.807) is 0 Å². The molecule has 0 unspecified atom stereocenters. The first-order chi connectivity index (χ1) is 9.86. The van der Waals surface area contributed by atoms with Gasteiger partial charge in [0.1, 0.15) is 15.2 Å². The van der Waals surface area contributed by atoms with Crippen molar-refractivity contribution in [2.24, 2.45) is 0 Å². The fourth-order valence-electron chi connectivity index (χ4n) is 1.61. The lowest BCUT2D eigenvalue weighted by Crippen LogP contribution is -2.25. The number of hydrogen-bond acceptors (Lipinski definition) is 5. The van der Waals surface area contributed by atoms with Crippen molar-refractivity contribution in [1.29, 1.82) is 5.26 Å². The molecule has 8 heteroatoms. The Hall–Kier alpha value is -2.37. The van der Waals surface area contributed by atoms with E-state index in [4.69, 9.17) is 10.4 Å². The number of nitrogens with zero attached hydrogens (tertiary/aromatic N) is 2. The zero-order chi connectivity index (χ0) is 15.6. The molecule has 0 saturated heterocycles. The van der Waals surface area contributed by atoms with Gasteiger partial charge in [-0.2, -0.15) is 5.26 Å². The molecule has 2 rings (SSSR count). The molecule has 108 valence electrons. The topological polar surface area (TPSA) is 98.5 Å². The number of nitriles is 1. The molecule has 0 aliphatic heterocycles. The van der Waals surface area contributed by atoms with Gasteiger partial charge in [0, 0.05) is 7.05 Å². The van der Waals surface area contributed by atoms with Crippen LogP contribution in [0.2, 0.25) is 0 Å². The highest BCUT2D eigenvalue weighted by Crippen LogP contribution is 2.27. The molecule has 0 aliphatic rings. The van der Waals surface area contributed by atoms with E-state index in [1.807, 2.05) is 6.07 Å². The van der Waals surface area contributed by atoms with Crippen LogP contribution in [-0.2, 0) is 10.0 Å².